The number of carbonyl (C=O) groups is 1. The third kappa shape index (κ3) is 1.82. The van der Waals surface area contributed by atoms with Crippen molar-refractivity contribution >= 4 is 16.9 Å². The normalized spacial score (nSPS) is 28.4. The van der Waals surface area contributed by atoms with E-state index in [1.165, 1.54) is 29.1 Å². The molecule has 1 aliphatic carbocycles. The van der Waals surface area contributed by atoms with Crippen LogP contribution in [-0.2, 0) is 16.0 Å². The van der Waals surface area contributed by atoms with Crippen molar-refractivity contribution in [3.63, 3.8) is 0 Å². The first-order chi connectivity index (χ1) is 10.2. The van der Waals surface area contributed by atoms with Crippen LogP contribution in [0.1, 0.15) is 23.5 Å². The van der Waals surface area contributed by atoms with Gasteiger partial charge in [0.15, 0.2) is 0 Å². The third-order valence-electron chi connectivity index (χ3n) is 5.26. The van der Waals surface area contributed by atoms with Gasteiger partial charge in [0.05, 0.1) is 13.0 Å². The Hall–Kier alpha value is -1.81. The van der Waals surface area contributed by atoms with Crippen LogP contribution in [0.5, 0.6) is 0 Å². The molecule has 4 heteroatoms. The highest BCUT2D eigenvalue weighted by atomic mass is 16.5. The van der Waals surface area contributed by atoms with Gasteiger partial charge in [0.2, 0.25) is 0 Å². The summed E-state index contributed by atoms with van der Waals surface area (Å²) in [6.07, 6.45) is 4.10. The van der Waals surface area contributed by atoms with Crippen molar-refractivity contribution in [3.8, 4) is 0 Å². The molecule has 21 heavy (non-hydrogen) atoms. The van der Waals surface area contributed by atoms with Gasteiger partial charge in [-0.05, 0) is 37.1 Å². The van der Waals surface area contributed by atoms with Crippen LogP contribution < -0.4 is 0 Å². The summed E-state index contributed by atoms with van der Waals surface area (Å²) >= 11 is 0. The van der Waals surface area contributed by atoms with E-state index in [0.29, 0.717) is 12.0 Å². The number of nitrogens with zero attached hydrogens (tertiary/aromatic N) is 1. The second-order valence-corrected chi connectivity index (χ2v) is 6.36. The van der Waals surface area contributed by atoms with E-state index in [9.17, 15) is 4.79 Å². The first-order valence-electron chi connectivity index (χ1n) is 7.56. The van der Waals surface area contributed by atoms with Gasteiger partial charge in [-0.1, -0.05) is 12.1 Å². The lowest BCUT2D eigenvalue weighted by molar-refractivity contribution is -0.148. The number of rotatable bonds is 1. The van der Waals surface area contributed by atoms with Crippen LogP contribution in [0.2, 0.25) is 0 Å². The Morgan fingerprint density at radius 2 is 2.29 bits per heavy atom. The fourth-order valence-corrected chi connectivity index (χ4v) is 4.28. The van der Waals surface area contributed by atoms with Gasteiger partial charge < -0.3 is 14.6 Å². The van der Waals surface area contributed by atoms with Crippen LogP contribution in [0.4, 0.5) is 0 Å². The van der Waals surface area contributed by atoms with Crippen LogP contribution in [-0.4, -0.2) is 42.6 Å². The van der Waals surface area contributed by atoms with Gasteiger partial charge in [-0.2, -0.15) is 0 Å². The number of likely N-dealkylation sites (tertiary alicyclic amines) is 1. The van der Waals surface area contributed by atoms with E-state index in [1.807, 2.05) is 0 Å². The highest BCUT2D eigenvalue weighted by Gasteiger charge is 2.41. The molecule has 0 radical (unpaired) electrons. The smallest absolute Gasteiger partial charge is 0.309 e. The number of ether oxygens (including phenoxy) is 1. The molecular formula is C17H20N2O2. The molecule has 2 aliphatic rings. The van der Waals surface area contributed by atoms with E-state index < -0.39 is 0 Å². The topological polar surface area (TPSA) is 45.3 Å². The number of hydrogen-bond donors (Lipinski definition) is 1. The number of methoxy groups -OCH3 is 1. The van der Waals surface area contributed by atoms with E-state index in [2.05, 4.69) is 41.3 Å². The standard InChI is InChI=1S/C17H20N2O2/c1-19-9-11(17(20)21-2)6-13-12-4-3-5-14-16(12)10(8-18-14)7-15(13)19/h3-5,8,11,13,15,18H,6-7,9H2,1-2H3/t11?,13?,15-/m1/s1. The van der Waals surface area contributed by atoms with Crippen molar-refractivity contribution in [2.24, 2.45) is 5.92 Å². The van der Waals surface area contributed by atoms with Crippen molar-refractivity contribution < 1.29 is 9.53 Å². The number of benzene rings is 1. The van der Waals surface area contributed by atoms with Gasteiger partial charge in [-0.25, -0.2) is 0 Å². The summed E-state index contributed by atoms with van der Waals surface area (Å²) in [5.74, 6) is 0.323. The number of carbonyl (C=O) groups excluding carboxylic acids is 1. The van der Waals surface area contributed by atoms with Crippen molar-refractivity contribution in [2.45, 2.75) is 24.8 Å². The number of aromatic nitrogens is 1. The molecule has 1 aliphatic heterocycles. The van der Waals surface area contributed by atoms with Gasteiger partial charge in [0.25, 0.3) is 0 Å². The van der Waals surface area contributed by atoms with Crippen LogP contribution in [0.3, 0.4) is 0 Å². The molecule has 2 aromatic rings. The van der Waals surface area contributed by atoms with E-state index in [4.69, 9.17) is 4.74 Å². The molecule has 2 unspecified atom stereocenters. The maximum Gasteiger partial charge on any atom is 0.309 e. The average molecular weight is 284 g/mol. The van der Waals surface area contributed by atoms with E-state index >= 15 is 0 Å². The largest absolute Gasteiger partial charge is 0.469 e. The lowest BCUT2D eigenvalue weighted by atomic mass is 9.72. The Balaban J connectivity index is 1.79. The summed E-state index contributed by atoms with van der Waals surface area (Å²) in [5.41, 5.74) is 4.01. The predicted octanol–water partition coefficient (Wildman–Crippen LogP) is 2.30. The van der Waals surface area contributed by atoms with E-state index in [1.54, 1.807) is 0 Å². The highest BCUT2D eigenvalue weighted by molar-refractivity contribution is 5.88. The molecule has 0 amide bonds. The van der Waals surface area contributed by atoms with Crippen molar-refractivity contribution in [1.29, 1.82) is 0 Å². The molecule has 1 N–H and O–H groups in total. The highest BCUT2D eigenvalue weighted by Crippen LogP contribution is 2.44. The minimum Gasteiger partial charge on any atom is -0.469 e. The Morgan fingerprint density at radius 3 is 3.10 bits per heavy atom. The van der Waals surface area contributed by atoms with Gasteiger partial charge in [-0.3, -0.25) is 4.79 Å². The van der Waals surface area contributed by atoms with Crippen LogP contribution >= 0.6 is 0 Å². The van der Waals surface area contributed by atoms with Gasteiger partial charge in [-0.15, -0.1) is 0 Å². The molecule has 0 saturated carbocycles. The molecule has 0 spiro atoms. The van der Waals surface area contributed by atoms with Crippen molar-refractivity contribution in [2.75, 3.05) is 20.7 Å². The molecule has 1 aromatic heterocycles. The molecular weight excluding hydrogens is 264 g/mol. The number of fused-ring (bicyclic) bond motifs is 2. The fourth-order valence-electron chi connectivity index (χ4n) is 4.28. The summed E-state index contributed by atoms with van der Waals surface area (Å²) in [7, 11) is 3.62. The molecule has 4 nitrogen and oxygen atoms in total. The Kier molecular flexibility index (Phi) is 2.82. The van der Waals surface area contributed by atoms with Crippen LogP contribution in [0.15, 0.2) is 24.4 Å². The van der Waals surface area contributed by atoms with E-state index in [-0.39, 0.29) is 11.9 Å². The van der Waals surface area contributed by atoms with Gasteiger partial charge >= 0.3 is 5.97 Å². The monoisotopic (exact) mass is 284 g/mol. The lowest BCUT2D eigenvalue weighted by Gasteiger charge is -2.44. The van der Waals surface area contributed by atoms with E-state index in [0.717, 1.165) is 19.4 Å². The number of likely N-dealkylation sites (N-methyl/N-ethyl adjacent to an activating group) is 1. The zero-order valence-electron chi connectivity index (χ0n) is 12.4. The SMILES string of the molecule is COC(=O)C1CC2c3cccc4[nH]cc(c34)C[C@H]2N(C)C1. The van der Waals surface area contributed by atoms with Gasteiger partial charge in [0, 0.05) is 35.6 Å². The molecule has 1 aromatic carbocycles. The number of piperidine rings is 1. The fraction of sp³-hybridized carbons (Fsp3) is 0.471. The molecule has 110 valence electrons. The van der Waals surface area contributed by atoms with Crippen molar-refractivity contribution in [1.82, 2.24) is 9.88 Å². The first-order valence-corrected chi connectivity index (χ1v) is 7.56. The summed E-state index contributed by atoms with van der Waals surface area (Å²) in [6, 6.07) is 6.96. The number of esters is 1. The van der Waals surface area contributed by atoms with Gasteiger partial charge in [0.1, 0.15) is 0 Å². The summed E-state index contributed by atoms with van der Waals surface area (Å²) in [4.78, 5) is 17.7. The number of aromatic amines is 1. The quantitative estimate of drug-likeness (QED) is 0.817. The molecule has 4 rings (SSSR count). The second kappa shape index (κ2) is 4.60. The molecule has 1 saturated heterocycles. The first kappa shape index (κ1) is 12.9. The Bertz CT molecular complexity index is 706. The maximum atomic E-state index is 12.0. The minimum atomic E-state index is -0.0765. The summed E-state index contributed by atoms with van der Waals surface area (Å²) in [6.45, 7) is 0.795. The molecule has 0 bridgehead atoms. The summed E-state index contributed by atoms with van der Waals surface area (Å²) in [5, 5.41) is 1.37. The van der Waals surface area contributed by atoms with Crippen molar-refractivity contribution in [3.05, 3.63) is 35.5 Å². The average Bonchev–Trinajstić information content (AvgIpc) is 2.92. The number of nitrogens with one attached hydrogen (secondary N) is 1. The third-order valence-corrected chi connectivity index (χ3v) is 5.26. The molecule has 2 heterocycles. The van der Waals surface area contributed by atoms with Crippen LogP contribution in [0.25, 0.3) is 10.9 Å². The zero-order valence-corrected chi connectivity index (χ0v) is 12.4. The number of hydrogen-bond acceptors (Lipinski definition) is 3. The predicted molar refractivity (Wildman–Crippen MR) is 81.3 cm³/mol. The molecule has 3 atom stereocenters. The molecule has 1 fully saturated rings. The maximum absolute atomic E-state index is 12.0. The Morgan fingerprint density at radius 1 is 1.43 bits per heavy atom. The number of H-pyrrole nitrogens is 1. The van der Waals surface area contributed by atoms with Crippen LogP contribution in [0, 0.1) is 5.92 Å². The lowest BCUT2D eigenvalue weighted by Crippen LogP contribution is -2.49. The zero-order chi connectivity index (χ0) is 14.6. The minimum absolute atomic E-state index is 0.0167. The summed E-state index contributed by atoms with van der Waals surface area (Å²) < 4.78 is 4.97. The second-order valence-electron chi connectivity index (χ2n) is 6.36. The Labute approximate surface area is 124 Å².